The van der Waals surface area contributed by atoms with E-state index in [0.717, 1.165) is 12.0 Å². The highest BCUT2D eigenvalue weighted by Gasteiger charge is 2.18. The van der Waals surface area contributed by atoms with Gasteiger partial charge in [-0.05, 0) is 39.5 Å². The maximum Gasteiger partial charge on any atom is 0.244 e. The van der Waals surface area contributed by atoms with Gasteiger partial charge in [-0.2, -0.15) is 0 Å². The van der Waals surface area contributed by atoms with E-state index in [2.05, 4.69) is 32.6 Å². The van der Waals surface area contributed by atoms with E-state index in [1.54, 1.807) is 0 Å². The summed E-state index contributed by atoms with van der Waals surface area (Å²) < 4.78 is 27.6. The molecule has 1 aromatic carbocycles. The lowest BCUT2D eigenvalue weighted by molar-refractivity contribution is 0.581. The van der Waals surface area contributed by atoms with E-state index in [1.165, 1.54) is 17.8 Å². The second kappa shape index (κ2) is 6.55. The minimum absolute atomic E-state index is 0.0213. The lowest BCUT2D eigenvalue weighted by Gasteiger charge is -2.09. The highest BCUT2D eigenvalue weighted by Crippen LogP contribution is 2.20. The number of nitrogens with two attached hydrogens (primary N) is 1. The molecular formula is C14H16BrN3O2S. The molecule has 0 saturated carbocycles. The number of pyridine rings is 1. The summed E-state index contributed by atoms with van der Waals surface area (Å²) in [5.74, 6) is -0.0213. The van der Waals surface area contributed by atoms with Crippen molar-refractivity contribution in [1.82, 2.24) is 9.71 Å². The van der Waals surface area contributed by atoms with E-state index < -0.39 is 10.0 Å². The molecule has 0 bridgehead atoms. The van der Waals surface area contributed by atoms with Crippen molar-refractivity contribution in [3.05, 3.63) is 52.1 Å². The Bertz CT molecular complexity index is 730. The van der Waals surface area contributed by atoms with Crippen molar-refractivity contribution in [1.29, 1.82) is 0 Å². The fourth-order valence-corrected chi connectivity index (χ4v) is 3.40. The summed E-state index contributed by atoms with van der Waals surface area (Å²) in [6.07, 6.45) is 2.41. The number of hydrogen-bond acceptors (Lipinski definition) is 4. The Balaban J connectivity index is 2.15. The van der Waals surface area contributed by atoms with Gasteiger partial charge in [-0.15, -0.1) is 0 Å². The maximum absolute atomic E-state index is 12.2. The molecule has 7 heteroatoms. The van der Waals surface area contributed by atoms with Crippen LogP contribution in [0.4, 0.5) is 5.82 Å². The van der Waals surface area contributed by atoms with Crippen LogP contribution in [0.15, 0.2) is 45.9 Å². The fraction of sp³-hybridized carbons (Fsp3) is 0.214. The van der Waals surface area contributed by atoms with Crippen molar-refractivity contribution in [2.75, 3.05) is 5.73 Å². The summed E-state index contributed by atoms with van der Waals surface area (Å²) in [4.78, 5) is 3.81. The number of nitrogen functional groups attached to an aromatic ring is 1. The average Bonchev–Trinajstić information content (AvgIpc) is 2.48. The summed E-state index contributed by atoms with van der Waals surface area (Å²) in [6, 6.07) is 9.22. The number of hydrogen-bond donors (Lipinski definition) is 2. The second-order valence-corrected chi connectivity index (χ2v) is 7.18. The normalized spacial score (nSPS) is 11.5. The van der Waals surface area contributed by atoms with E-state index >= 15 is 0 Å². The van der Waals surface area contributed by atoms with E-state index in [1.807, 2.05) is 24.3 Å². The number of nitrogens with zero attached hydrogens (tertiary/aromatic N) is 1. The highest BCUT2D eigenvalue weighted by atomic mass is 79.9. The number of nitrogens with one attached hydrogen (secondary N) is 1. The number of aromatic nitrogens is 1. The smallest absolute Gasteiger partial charge is 0.244 e. The fourth-order valence-electron chi connectivity index (χ4n) is 1.80. The van der Waals surface area contributed by atoms with Crippen LogP contribution < -0.4 is 10.5 Å². The second-order valence-electron chi connectivity index (χ2n) is 4.53. The van der Waals surface area contributed by atoms with E-state index in [-0.39, 0.29) is 17.3 Å². The molecule has 0 unspecified atom stereocenters. The topological polar surface area (TPSA) is 85.1 Å². The van der Waals surface area contributed by atoms with Crippen LogP contribution in [0.1, 0.15) is 18.1 Å². The molecule has 1 heterocycles. The minimum atomic E-state index is -3.69. The summed E-state index contributed by atoms with van der Waals surface area (Å²) >= 11 is 3.19. The van der Waals surface area contributed by atoms with E-state index in [9.17, 15) is 8.42 Å². The van der Waals surface area contributed by atoms with Gasteiger partial charge in [0.2, 0.25) is 10.0 Å². The molecule has 2 aromatic rings. The number of aryl methyl sites for hydroxylation is 1. The van der Waals surface area contributed by atoms with Crippen LogP contribution in [-0.2, 0) is 23.0 Å². The zero-order chi connectivity index (χ0) is 15.5. The first-order chi connectivity index (χ1) is 9.92. The van der Waals surface area contributed by atoms with Gasteiger partial charge in [0.25, 0.3) is 0 Å². The number of halogens is 1. The molecule has 0 fully saturated rings. The number of benzene rings is 1. The molecule has 0 aliphatic carbocycles. The van der Waals surface area contributed by atoms with Crippen molar-refractivity contribution in [3.63, 3.8) is 0 Å². The predicted molar refractivity (Wildman–Crippen MR) is 86.2 cm³/mol. The molecule has 5 nitrogen and oxygen atoms in total. The zero-order valence-corrected chi connectivity index (χ0v) is 13.9. The number of sulfonamides is 1. The molecule has 3 N–H and O–H groups in total. The molecule has 0 aliphatic rings. The molecule has 0 spiro atoms. The molecule has 0 aliphatic heterocycles. The summed E-state index contributed by atoms with van der Waals surface area (Å²) in [5.41, 5.74) is 7.73. The van der Waals surface area contributed by atoms with Crippen LogP contribution in [0, 0.1) is 0 Å². The van der Waals surface area contributed by atoms with Crippen LogP contribution >= 0.6 is 15.9 Å². The first kappa shape index (κ1) is 15.9. The van der Waals surface area contributed by atoms with Gasteiger partial charge in [0.15, 0.2) is 0 Å². The standard InChI is InChI=1S/C14H16BrN3O2S/c1-2-10-3-5-11(6-4-10)8-18-21(19,20)13-7-12(15)9-17-14(13)16/h3-7,9,18H,2,8H2,1H3,(H2,16,17). The van der Waals surface area contributed by atoms with Crippen molar-refractivity contribution in [2.45, 2.75) is 24.8 Å². The van der Waals surface area contributed by atoms with Gasteiger partial charge < -0.3 is 5.73 Å². The molecule has 2 rings (SSSR count). The van der Waals surface area contributed by atoms with Crippen molar-refractivity contribution < 1.29 is 8.42 Å². The minimum Gasteiger partial charge on any atom is -0.383 e. The van der Waals surface area contributed by atoms with Gasteiger partial charge >= 0.3 is 0 Å². The van der Waals surface area contributed by atoms with Gasteiger partial charge in [0.05, 0.1) is 0 Å². The molecule has 0 atom stereocenters. The third-order valence-corrected chi connectivity index (χ3v) is 4.90. The Hall–Kier alpha value is -1.44. The molecule has 0 amide bonds. The summed E-state index contributed by atoms with van der Waals surface area (Å²) in [5, 5.41) is 0. The Morgan fingerprint density at radius 3 is 2.48 bits per heavy atom. The molecular weight excluding hydrogens is 354 g/mol. The summed E-state index contributed by atoms with van der Waals surface area (Å²) in [7, 11) is -3.69. The molecule has 21 heavy (non-hydrogen) atoms. The van der Waals surface area contributed by atoms with Crippen molar-refractivity contribution in [2.24, 2.45) is 0 Å². The number of rotatable bonds is 5. The average molecular weight is 370 g/mol. The quantitative estimate of drug-likeness (QED) is 0.847. The molecule has 1 aromatic heterocycles. The highest BCUT2D eigenvalue weighted by molar-refractivity contribution is 9.10. The first-order valence-electron chi connectivity index (χ1n) is 6.41. The Morgan fingerprint density at radius 1 is 1.24 bits per heavy atom. The number of anilines is 1. The lowest BCUT2D eigenvalue weighted by Crippen LogP contribution is -2.24. The van der Waals surface area contributed by atoms with Crippen LogP contribution in [0.2, 0.25) is 0 Å². The SMILES string of the molecule is CCc1ccc(CNS(=O)(=O)c2cc(Br)cnc2N)cc1. The third-order valence-electron chi connectivity index (χ3n) is 3.04. The van der Waals surface area contributed by atoms with E-state index in [4.69, 9.17) is 5.73 Å². The van der Waals surface area contributed by atoms with Crippen LogP contribution in [-0.4, -0.2) is 13.4 Å². The Labute approximate surface area is 132 Å². The van der Waals surface area contributed by atoms with Crippen LogP contribution in [0.3, 0.4) is 0 Å². The van der Waals surface area contributed by atoms with Crippen molar-refractivity contribution >= 4 is 31.8 Å². The largest absolute Gasteiger partial charge is 0.383 e. The van der Waals surface area contributed by atoms with Gasteiger partial charge in [0, 0.05) is 17.2 Å². The molecule has 0 radical (unpaired) electrons. The Morgan fingerprint density at radius 2 is 1.86 bits per heavy atom. The van der Waals surface area contributed by atoms with Crippen molar-refractivity contribution in [3.8, 4) is 0 Å². The first-order valence-corrected chi connectivity index (χ1v) is 8.68. The monoisotopic (exact) mass is 369 g/mol. The van der Waals surface area contributed by atoms with Gasteiger partial charge in [-0.25, -0.2) is 18.1 Å². The lowest BCUT2D eigenvalue weighted by atomic mass is 10.1. The van der Waals surface area contributed by atoms with Gasteiger partial charge in [-0.1, -0.05) is 31.2 Å². The van der Waals surface area contributed by atoms with Crippen LogP contribution in [0.25, 0.3) is 0 Å². The maximum atomic E-state index is 12.2. The molecule has 112 valence electrons. The predicted octanol–water partition coefficient (Wildman–Crippen LogP) is 2.47. The van der Waals surface area contributed by atoms with Gasteiger partial charge in [-0.3, -0.25) is 0 Å². The van der Waals surface area contributed by atoms with E-state index in [0.29, 0.717) is 4.47 Å². The van der Waals surface area contributed by atoms with Crippen LogP contribution in [0.5, 0.6) is 0 Å². The molecule has 0 saturated heterocycles. The Kier molecular flexibility index (Phi) is 4.97. The third kappa shape index (κ3) is 4.03. The van der Waals surface area contributed by atoms with Gasteiger partial charge in [0.1, 0.15) is 10.7 Å². The zero-order valence-electron chi connectivity index (χ0n) is 11.5. The summed E-state index contributed by atoms with van der Waals surface area (Å²) in [6.45, 7) is 2.28.